The quantitative estimate of drug-likeness (QED) is 0.642. The van der Waals surface area contributed by atoms with Crippen LogP contribution in [0, 0.1) is 0 Å². The number of fused-ring (bicyclic) bond motifs is 2. The van der Waals surface area contributed by atoms with Gasteiger partial charge < -0.3 is 5.32 Å². The van der Waals surface area contributed by atoms with E-state index in [0.717, 1.165) is 13.1 Å². The van der Waals surface area contributed by atoms with Crippen LogP contribution in [0.5, 0.6) is 0 Å². The van der Waals surface area contributed by atoms with Crippen LogP contribution in [0.2, 0.25) is 0 Å². The maximum absolute atomic E-state index is 3.46. The molecule has 0 bridgehead atoms. The predicted molar refractivity (Wildman–Crippen MR) is 87.8 cm³/mol. The Morgan fingerprint density at radius 3 is 2.60 bits per heavy atom. The van der Waals surface area contributed by atoms with Crippen LogP contribution in [-0.2, 0) is 0 Å². The van der Waals surface area contributed by atoms with Gasteiger partial charge in [-0.2, -0.15) is 0 Å². The van der Waals surface area contributed by atoms with Crippen LogP contribution in [-0.4, -0.2) is 13.1 Å². The molecular formula is C18H17NS. The molecule has 1 N–H and O–H groups in total. The van der Waals surface area contributed by atoms with E-state index in [-0.39, 0.29) is 0 Å². The first-order valence-corrected chi connectivity index (χ1v) is 8.09. The molecule has 0 atom stereocenters. The molecule has 2 aromatic rings. The molecular weight excluding hydrogens is 262 g/mol. The van der Waals surface area contributed by atoms with Gasteiger partial charge in [-0.15, -0.1) is 11.3 Å². The van der Waals surface area contributed by atoms with Crippen molar-refractivity contribution in [2.24, 2.45) is 0 Å². The van der Waals surface area contributed by atoms with E-state index in [1.165, 1.54) is 40.0 Å². The second-order valence-corrected chi connectivity index (χ2v) is 6.27. The van der Waals surface area contributed by atoms with Gasteiger partial charge in [0.15, 0.2) is 0 Å². The number of hydrogen-bond donors (Lipinski definition) is 1. The zero-order valence-corrected chi connectivity index (χ0v) is 12.2. The van der Waals surface area contributed by atoms with E-state index in [9.17, 15) is 0 Å². The van der Waals surface area contributed by atoms with Crippen molar-refractivity contribution < 1.29 is 0 Å². The van der Waals surface area contributed by atoms with Crippen molar-refractivity contribution in [1.82, 2.24) is 5.32 Å². The number of thiophene rings is 1. The van der Waals surface area contributed by atoms with Gasteiger partial charge in [0, 0.05) is 4.88 Å². The largest absolute Gasteiger partial charge is 0.316 e. The van der Waals surface area contributed by atoms with Gasteiger partial charge in [-0.25, -0.2) is 0 Å². The van der Waals surface area contributed by atoms with Crippen LogP contribution < -0.4 is 5.32 Å². The van der Waals surface area contributed by atoms with Crippen molar-refractivity contribution in [3.05, 3.63) is 62.9 Å². The summed E-state index contributed by atoms with van der Waals surface area (Å²) in [5.41, 5.74) is 7.23. The molecule has 0 radical (unpaired) electrons. The molecule has 1 aliphatic heterocycles. The summed E-state index contributed by atoms with van der Waals surface area (Å²) in [5, 5.41) is 5.68. The molecule has 1 aliphatic carbocycles. The molecule has 0 amide bonds. The molecule has 1 nitrogen and oxygen atoms in total. The zero-order chi connectivity index (χ0) is 13.4. The Morgan fingerprint density at radius 1 is 0.900 bits per heavy atom. The first-order valence-electron chi connectivity index (χ1n) is 7.21. The normalized spacial score (nSPS) is 17.6. The molecule has 0 unspecified atom stereocenters. The van der Waals surface area contributed by atoms with Gasteiger partial charge in [0.25, 0.3) is 0 Å². The van der Waals surface area contributed by atoms with Crippen molar-refractivity contribution in [2.45, 2.75) is 12.8 Å². The summed E-state index contributed by atoms with van der Waals surface area (Å²) in [5.74, 6) is 0. The molecule has 0 saturated carbocycles. The molecule has 2 heterocycles. The number of rotatable bonds is 0. The lowest BCUT2D eigenvalue weighted by Crippen LogP contribution is -2.23. The summed E-state index contributed by atoms with van der Waals surface area (Å²) in [4.78, 5) is 1.45. The van der Waals surface area contributed by atoms with E-state index in [1.54, 1.807) is 5.57 Å². The molecule has 20 heavy (non-hydrogen) atoms. The highest BCUT2D eigenvalue weighted by atomic mass is 32.1. The molecule has 2 heteroatoms. The lowest BCUT2D eigenvalue weighted by Gasteiger charge is -2.21. The topological polar surface area (TPSA) is 12.0 Å². The average Bonchev–Trinajstić information content (AvgIpc) is 2.90. The van der Waals surface area contributed by atoms with E-state index >= 15 is 0 Å². The van der Waals surface area contributed by atoms with Crippen molar-refractivity contribution >= 4 is 29.1 Å². The Bertz CT molecular complexity index is 698. The third-order valence-corrected chi connectivity index (χ3v) is 5.10. The van der Waals surface area contributed by atoms with Crippen LogP contribution in [0.25, 0.3) is 17.7 Å². The van der Waals surface area contributed by atoms with E-state index in [4.69, 9.17) is 0 Å². The Hall–Kier alpha value is -1.64. The second-order valence-electron chi connectivity index (χ2n) is 5.35. The van der Waals surface area contributed by atoms with Crippen molar-refractivity contribution in [2.75, 3.05) is 13.1 Å². The SMILES string of the molecule is C1=Cc2ccsc2C(=C2CCNCC2)c2ccccc21. The highest BCUT2D eigenvalue weighted by Crippen LogP contribution is 2.40. The molecule has 100 valence electrons. The average molecular weight is 279 g/mol. The summed E-state index contributed by atoms with van der Waals surface area (Å²) in [7, 11) is 0. The van der Waals surface area contributed by atoms with Gasteiger partial charge in [-0.05, 0) is 59.6 Å². The first-order chi connectivity index (χ1) is 9.93. The van der Waals surface area contributed by atoms with Gasteiger partial charge >= 0.3 is 0 Å². The number of piperidine rings is 1. The van der Waals surface area contributed by atoms with Gasteiger partial charge in [0.1, 0.15) is 0 Å². The van der Waals surface area contributed by atoms with Gasteiger partial charge in [-0.3, -0.25) is 0 Å². The standard InChI is InChI=1S/C18H17NS/c1-2-4-16-13(3-1)5-6-15-9-12-20-18(15)17(16)14-7-10-19-11-8-14/h1-6,9,12,19H,7-8,10-11H2. The van der Waals surface area contributed by atoms with E-state index in [0.29, 0.717) is 0 Å². The minimum Gasteiger partial charge on any atom is -0.316 e. The monoisotopic (exact) mass is 279 g/mol. The Balaban J connectivity index is 2.00. The van der Waals surface area contributed by atoms with E-state index in [2.05, 4.69) is 53.2 Å². The number of hydrogen-bond acceptors (Lipinski definition) is 2. The minimum atomic E-state index is 1.11. The maximum Gasteiger partial charge on any atom is 0.0420 e. The van der Waals surface area contributed by atoms with Crippen LogP contribution in [0.4, 0.5) is 0 Å². The first kappa shape index (κ1) is 12.1. The van der Waals surface area contributed by atoms with Gasteiger partial charge in [0.05, 0.1) is 0 Å². The van der Waals surface area contributed by atoms with Crippen LogP contribution in [0.15, 0.2) is 41.3 Å². The van der Waals surface area contributed by atoms with Crippen molar-refractivity contribution in [1.29, 1.82) is 0 Å². The van der Waals surface area contributed by atoms with Crippen LogP contribution >= 0.6 is 11.3 Å². The fourth-order valence-corrected chi connectivity index (χ4v) is 4.15. The zero-order valence-electron chi connectivity index (χ0n) is 11.4. The summed E-state index contributed by atoms with van der Waals surface area (Å²) in [6.45, 7) is 2.21. The lowest BCUT2D eigenvalue weighted by atomic mass is 9.90. The molecule has 1 aromatic heterocycles. The summed E-state index contributed by atoms with van der Waals surface area (Å²) >= 11 is 1.87. The van der Waals surface area contributed by atoms with Gasteiger partial charge in [-0.1, -0.05) is 42.0 Å². The lowest BCUT2D eigenvalue weighted by molar-refractivity contribution is 0.612. The molecule has 1 fully saturated rings. The Labute approximate surface area is 123 Å². The summed E-state index contributed by atoms with van der Waals surface area (Å²) in [6, 6.07) is 11.0. The molecule has 1 saturated heterocycles. The summed E-state index contributed by atoms with van der Waals surface area (Å²) in [6.07, 6.45) is 6.86. The number of nitrogens with one attached hydrogen (secondary N) is 1. The third-order valence-electron chi connectivity index (χ3n) is 4.16. The van der Waals surface area contributed by atoms with Crippen LogP contribution in [0.1, 0.15) is 34.4 Å². The van der Waals surface area contributed by atoms with E-state index < -0.39 is 0 Å². The van der Waals surface area contributed by atoms with Crippen molar-refractivity contribution in [3.63, 3.8) is 0 Å². The highest BCUT2D eigenvalue weighted by molar-refractivity contribution is 7.11. The third kappa shape index (κ3) is 1.96. The molecule has 1 aromatic carbocycles. The smallest absolute Gasteiger partial charge is 0.0420 e. The highest BCUT2D eigenvalue weighted by Gasteiger charge is 2.20. The molecule has 0 spiro atoms. The fourth-order valence-electron chi connectivity index (χ4n) is 3.16. The number of benzene rings is 1. The Kier molecular flexibility index (Phi) is 3.06. The van der Waals surface area contributed by atoms with Crippen LogP contribution in [0.3, 0.4) is 0 Å². The summed E-state index contributed by atoms with van der Waals surface area (Å²) < 4.78 is 0. The Morgan fingerprint density at radius 2 is 1.70 bits per heavy atom. The molecule has 2 aliphatic rings. The van der Waals surface area contributed by atoms with E-state index in [1.807, 2.05) is 11.3 Å². The fraction of sp³-hybridized carbons (Fsp3) is 0.222. The van der Waals surface area contributed by atoms with Gasteiger partial charge in [0.2, 0.25) is 0 Å². The minimum absolute atomic E-state index is 1.11. The maximum atomic E-state index is 3.46. The predicted octanol–water partition coefficient (Wildman–Crippen LogP) is 4.42. The molecule has 4 rings (SSSR count). The van der Waals surface area contributed by atoms with Crippen molar-refractivity contribution in [3.8, 4) is 0 Å². The second kappa shape index (κ2) is 5.04.